The molecule has 2 aromatic rings. The van der Waals surface area contributed by atoms with Gasteiger partial charge in [0.2, 0.25) is 0 Å². The molecule has 3 heterocycles. The van der Waals surface area contributed by atoms with Crippen molar-refractivity contribution in [1.29, 1.82) is 0 Å². The van der Waals surface area contributed by atoms with Crippen molar-refractivity contribution in [3.63, 3.8) is 0 Å². The smallest absolute Gasteiger partial charge is 0.368 e. The summed E-state index contributed by atoms with van der Waals surface area (Å²) in [7, 11) is 0. The van der Waals surface area contributed by atoms with Crippen LogP contribution in [0.4, 0.5) is 5.69 Å². The molecule has 0 aliphatic carbocycles. The summed E-state index contributed by atoms with van der Waals surface area (Å²) >= 11 is 0. The van der Waals surface area contributed by atoms with Gasteiger partial charge in [-0.25, -0.2) is 4.79 Å². The molecule has 25 heavy (non-hydrogen) atoms. The first-order valence-electron chi connectivity index (χ1n) is 9.20. The fourth-order valence-electron chi connectivity index (χ4n) is 4.03. The molecule has 3 aliphatic rings. The molecule has 0 aromatic heterocycles. The lowest BCUT2D eigenvalue weighted by molar-refractivity contribution is -1.10. The number of anilines is 1. The van der Waals surface area contributed by atoms with Gasteiger partial charge in [0.05, 0.1) is 0 Å². The summed E-state index contributed by atoms with van der Waals surface area (Å²) < 4.78 is 0.509. The highest BCUT2D eigenvalue weighted by Gasteiger charge is 2.45. The number of hydroxylamine groups is 3. The number of quaternary nitrogens is 1. The Morgan fingerprint density at radius 1 is 0.920 bits per heavy atom. The fraction of sp³-hybridized carbons (Fsp3) is 0.381. The van der Waals surface area contributed by atoms with Crippen LogP contribution in [0.1, 0.15) is 30.9 Å². The maximum Gasteiger partial charge on any atom is 0.393 e. The molecule has 3 saturated heterocycles. The van der Waals surface area contributed by atoms with Crippen LogP contribution in [0.2, 0.25) is 0 Å². The number of carbonyl (C=O) groups excluding carboxylic acids is 1. The summed E-state index contributed by atoms with van der Waals surface area (Å²) in [5.41, 5.74) is 1.85. The van der Waals surface area contributed by atoms with E-state index in [2.05, 4.69) is 5.32 Å². The molecule has 130 valence electrons. The molecule has 4 nitrogen and oxygen atoms in total. The average molecular weight is 337 g/mol. The van der Waals surface area contributed by atoms with Gasteiger partial charge in [-0.3, -0.25) is 4.84 Å². The minimum atomic E-state index is -0.490. The Bertz CT molecular complexity index is 695. The summed E-state index contributed by atoms with van der Waals surface area (Å²) in [5.74, 6) is 0.654. The van der Waals surface area contributed by atoms with Gasteiger partial charge in [0.1, 0.15) is 19.6 Å². The minimum absolute atomic E-state index is 0.185. The predicted octanol–water partition coefficient (Wildman–Crippen LogP) is 3.93. The molecule has 3 fully saturated rings. The number of carbonyl (C=O) groups is 1. The van der Waals surface area contributed by atoms with E-state index in [1.165, 1.54) is 19.3 Å². The molecule has 3 aliphatic heterocycles. The molecule has 1 N–H and O–H groups in total. The summed E-state index contributed by atoms with van der Waals surface area (Å²) in [6, 6.07) is 19.2. The standard InChI is InChI=1S/C21H25N2O2/c24-21(25-23-14-11-17(12-15-23)13-16-23)20(18-7-3-1-4-8-18)22-19-9-5-2-6-10-19/h1-10,17,20,22H,11-16H2/q+1. The number of benzene rings is 2. The average Bonchev–Trinajstić information content (AvgIpc) is 2.68. The molecule has 1 unspecified atom stereocenters. The molecule has 0 saturated carbocycles. The fourth-order valence-corrected chi connectivity index (χ4v) is 4.03. The van der Waals surface area contributed by atoms with Crippen LogP contribution in [0, 0.1) is 5.92 Å². The van der Waals surface area contributed by atoms with Crippen molar-refractivity contribution in [2.45, 2.75) is 25.3 Å². The van der Waals surface area contributed by atoms with E-state index in [9.17, 15) is 4.79 Å². The molecular formula is C21H25N2O2+. The van der Waals surface area contributed by atoms with E-state index in [4.69, 9.17) is 4.84 Å². The first-order chi connectivity index (χ1) is 12.2. The highest BCUT2D eigenvalue weighted by Crippen LogP contribution is 2.35. The van der Waals surface area contributed by atoms with Crippen molar-refractivity contribution in [1.82, 2.24) is 0 Å². The topological polar surface area (TPSA) is 38.3 Å². The van der Waals surface area contributed by atoms with Gasteiger partial charge in [0, 0.05) is 24.9 Å². The number of piperidine rings is 3. The zero-order valence-corrected chi connectivity index (χ0v) is 14.4. The van der Waals surface area contributed by atoms with Crippen LogP contribution in [-0.4, -0.2) is 30.2 Å². The van der Waals surface area contributed by atoms with Gasteiger partial charge in [0.25, 0.3) is 0 Å². The Morgan fingerprint density at radius 3 is 2.08 bits per heavy atom. The zero-order valence-electron chi connectivity index (χ0n) is 14.4. The van der Waals surface area contributed by atoms with Crippen LogP contribution in [0.25, 0.3) is 0 Å². The summed E-state index contributed by atoms with van der Waals surface area (Å²) in [6.45, 7) is 2.88. The number of hydrogen-bond donors (Lipinski definition) is 1. The van der Waals surface area contributed by atoms with Crippen molar-refractivity contribution in [2.24, 2.45) is 5.92 Å². The monoisotopic (exact) mass is 337 g/mol. The largest absolute Gasteiger partial charge is 0.393 e. The summed E-state index contributed by atoms with van der Waals surface area (Å²) in [4.78, 5) is 19.2. The van der Waals surface area contributed by atoms with Crippen molar-refractivity contribution in [3.05, 3.63) is 66.2 Å². The van der Waals surface area contributed by atoms with E-state index >= 15 is 0 Å². The van der Waals surface area contributed by atoms with Crippen LogP contribution in [0.5, 0.6) is 0 Å². The number of fused-ring (bicyclic) bond motifs is 3. The molecule has 0 amide bonds. The van der Waals surface area contributed by atoms with Gasteiger partial charge in [-0.05, 0) is 23.6 Å². The quantitative estimate of drug-likeness (QED) is 0.840. The third-order valence-corrected chi connectivity index (χ3v) is 5.57. The van der Waals surface area contributed by atoms with Gasteiger partial charge in [0.15, 0.2) is 6.04 Å². The SMILES string of the molecule is O=C(O[N+]12CCC(CC1)CC2)C(Nc1ccccc1)c1ccccc1. The third-order valence-electron chi connectivity index (χ3n) is 5.57. The Balaban J connectivity index is 1.55. The van der Waals surface area contributed by atoms with Crippen LogP contribution in [-0.2, 0) is 9.63 Å². The zero-order chi connectivity index (χ0) is 17.1. The highest BCUT2D eigenvalue weighted by atomic mass is 16.7. The Kier molecular flexibility index (Phi) is 4.45. The third kappa shape index (κ3) is 3.54. The maximum absolute atomic E-state index is 13.1. The normalized spacial score (nSPS) is 26.0. The Hall–Kier alpha value is -2.33. The molecular weight excluding hydrogens is 312 g/mol. The van der Waals surface area contributed by atoms with E-state index in [-0.39, 0.29) is 5.97 Å². The number of nitrogens with zero attached hydrogens (tertiary/aromatic N) is 1. The lowest BCUT2D eigenvalue weighted by atomic mass is 9.88. The van der Waals surface area contributed by atoms with E-state index in [0.717, 1.165) is 36.8 Å². The molecule has 2 aromatic carbocycles. The summed E-state index contributed by atoms with van der Waals surface area (Å²) in [6.07, 6.45) is 3.53. The first-order valence-corrected chi connectivity index (χ1v) is 9.20. The lowest BCUT2D eigenvalue weighted by Crippen LogP contribution is -2.59. The van der Waals surface area contributed by atoms with Crippen molar-refractivity contribution in [2.75, 3.05) is 25.0 Å². The van der Waals surface area contributed by atoms with Crippen LogP contribution >= 0.6 is 0 Å². The van der Waals surface area contributed by atoms with Crippen molar-refractivity contribution >= 4 is 11.7 Å². The molecule has 5 rings (SSSR count). The predicted molar refractivity (Wildman–Crippen MR) is 97.5 cm³/mol. The molecule has 1 atom stereocenters. The van der Waals surface area contributed by atoms with Crippen molar-refractivity contribution in [3.8, 4) is 0 Å². The molecule has 2 bridgehead atoms. The van der Waals surface area contributed by atoms with Gasteiger partial charge in [-0.2, -0.15) is 0 Å². The lowest BCUT2D eigenvalue weighted by Gasteiger charge is -2.45. The van der Waals surface area contributed by atoms with Crippen LogP contribution < -0.4 is 5.32 Å². The second-order valence-electron chi connectivity index (χ2n) is 7.23. The van der Waals surface area contributed by atoms with Crippen LogP contribution in [0.15, 0.2) is 60.7 Å². The van der Waals surface area contributed by atoms with Gasteiger partial charge < -0.3 is 5.32 Å². The number of para-hydroxylation sites is 1. The number of nitrogens with one attached hydrogen (secondary N) is 1. The number of rotatable bonds is 5. The Labute approximate surface area is 149 Å². The first kappa shape index (κ1) is 16.2. The van der Waals surface area contributed by atoms with Gasteiger partial charge >= 0.3 is 5.97 Å². The van der Waals surface area contributed by atoms with E-state index in [1.807, 2.05) is 60.7 Å². The number of hydrogen-bond acceptors (Lipinski definition) is 3. The minimum Gasteiger partial charge on any atom is -0.368 e. The van der Waals surface area contributed by atoms with Crippen LogP contribution in [0.3, 0.4) is 0 Å². The second kappa shape index (κ2) is 6.89. The molecule has 4 heteroatoms. The summed E-state index contributed by atoms with van der Waals surface area (Å²) in [5, 5.41) is 3.35. The maximum atomic E-state index is 13.1. The second-order valence-corrected chi connectivity index (χ2v) is 7.23. The molecule has 0 spiro atoms. The Morgan fingerprint density at radius 2 is 1.48 bits per heavy atom. The van der Waals surface area contributed by atoms with Crippen molar-refractivity contribution < 1.29 is 14.3 Å². The van der Waals surface area contributed by atoms with Gasteiger partial charge in [-0.1, -0.05) is 48.5 Å². The molecule has 0 radical (unpaired) electrons. The van der Waals surface area contributed by atoms with E-state index in [1.54, 1.807) is 0 Å². The van der Waals surface area contributed by atoms with Gasteiger partial charge in [-0.15, -0.1) is 4.65 Å². The van der Waals surface area contributed by atoms with E-state index in [0.29, 0.717) is 4.65 Å². The van der Waals surface area contributed by atoms with E-state index < -0.39 is 6.04 Å². The highest BCUT2D eigenvalue weighted by molar-refractivity contribution is 5.80.